The van der Waals surface area contributed by atoms with Crippen LogP contribution in [0.1, 0.15) is 12.5 Å². The van der Waals surface area contributed by atoms with Gasteiger partial charge in [0.25, 0.3) is 0 Å². The summed E-state index contributed by atoms with van der Waals surface area (Å²) in [5, 5.41) is 2.90. The molecule has 0 spiro atoms. The fraction of sp³-hybridized carbons (Fsp3) is 0.462. The summed E-state index contributed by atoms with van der Waals surface area (Å²) in [4.78, 5) is 13.9. The molecule has 92 valence electrons. The average molecular weight is 233 g/mol. The van der Waals surface area contributed by atoms with Crippen molar-refractivity contribution in [2.75, 3.05) is 30.4 Å². The second kappa shape index (κ2) is 4.75. The van der Waals surface area contributed by atoms with Crippen LogP contribution in [0.15, 0.2) is 18.2 Å². The Bertz CT molecular complexity index is 431. The number of benzene rings is 1. The summed E-state index contributed by atoms with van der Waals surface area (Å²) in [5.41, 5.74) is 8.89. The van der Waals surface area contributed by atoms with Gasteiger partial charge < -0.3 is 16.0 Å². The predicted molar refractivity (Wildman–Crippen MR) is 70.3 cm³/mol. The third-order valence-electron chi connectivity index (χ3n) is 3.28. The van der Waals surface area contributed by atoms with E-state index in [4.69, 9.17) is 5.73 Å². The minimum atomic E-state index is -0.147. The molecule has 1 aromatic carbocycles. The Morgan fingerprint density at radius 3 is 3.06 bits per heavy atom. The van der Waals surface area contributed by atoms with Gasteiger partial charge in [-0.2, -0.15) is 0 Å². The van der Waals surface area contributed by atoms with E-state index in [2.05, 4.69) is 29.4 Å². The number of carbonyl (C=O) groups is 1. The lowest BCUT2D eigenvalue weighted by atomic mass is 10.1. The SMILES string of the molecule is CC(CN)C(=O)Nc1ccc2c(c1)CCN2C. The van der Waals surface area contributed by atoms with Crippen molar-refractivity contribution in [3.63, 3.8) is 0 Å². The molecule has 0 aromatic heterocycles. The molecule has 0 radical (unpaired) electrons. The van der Waals surface area contributed by atoms with Crippen LogP contribution in [0.25, 0.3) is 0 Å². The molecule has 4 heteroatoms. The standard InChI is InChI=1S/C13H19N3O/c1-9(8-14)13(17)15-11-3-4-12-10(7-11)5-6-16(12)2/h3-4,7,9H,5-6,8,14H2,1-2H3,(H,15,17). The van der Waals surface area contributed by atoms with Crippen LogP contribution in [0.5, 0.6) is 0 Å². The third kappa shape index (κ3) is 2.42. The molecule has 0 saturated heterocycles. The monoisotopic (exact) mass is 233 g/mol. The zero-order valence-corrected chi connectivity index (χ0v) is 10.4. The maximum atomic E-state index is 11.7. The van der Waals surface area contributed by atoms with Crippen LogP contribution in [-0.2, 0) is 11.2 Å². The largest absolute Gasteiger partial charge is 0.374 e. The Hall–Kier alpha value is -1.55. The Morgan fingerprint density at radius 1 is 1.59 bits per heavy atom. The Morgan fingerprint density at radius 2 is 2.35 bits per heavy atom. The molecule has 1 unspecified atom stereocenters. The van der Waals surface area contributed by atoms with Crippen LogP contribution >= 0.6 is 0 Å². The van der Waals surface area contributed by atoms with E-state index in [0.29, 0.717) is 6.54 Å². The van der Waals surface area contributed by atoms with Gasteiger partial charge in [-0.3, -0.25) is 4.79 Å². The molecule has 1 atom stereocenters. The summed E-state index contributed by atoms with van der Waals surface area (Å²) in [5.74, 6) is -0.162. The molecule has 1 aliphatic rings. The number of hydrogen-bond acceptors (Lipinski definition) is 3. The first-order valence-electron chi connectivity index (χ1n) is 5.97. The zero-order valence-electron chi connectivity index (χ0n) is 10.4. The van der Waals surface area contributed by atoms with Crippen molar-refractivity contribution in [1.82, 2.24) is 0 Å². The van der Waals surface area contributed by atoms with Crippen molar-refractivity contribution in [1.29, 1.82) is 0 Å². The molecule has 1 aromatic rings. The maximum absolute atomic E-state index is 11.7. The number of anilines is 2. The molecule has 0 aliphatic carbocycles. The first-order chi connectivity index (χ1) is 8.11. The summed E-state index contributed by atoms with van der Waals surface area (Å²) >= 11 is 0. The molecule has 17 heavy (non-hydrogen) atoms. The van der Waals surface area contributed by atoms with Gasteiger partial charge in [0.1, 0.15) is 0 Å². The van der Waals surface area contributed by atoms with E-state index < -0.39 is 0 Å². The highest BCUT2D eigenvalue weighted by atomic mass is 16.1. The number of nitrogens with two attached hydrogens (primary N) is 1. The van der Waals surface area contributed by atoms with Crippen LogP contribution in [0.4, 0.5) is 11.4 Å². The number of nitrogens with one attached hydrogen (secondary N) is 1. The van der Waals surface area contributed by atoms with Gasteiger partial charge >= 0.3 is 0 Å². The third-order valence-corrected chi connectivity index (χ3v) is 3.28. The quantitative estimate of drug-likeness (QED) is 0.825. The van der Waals surface area contributed by atoms with Crippen LogP contribution in [0.2, 0.25) is 0 Å². The number of nitrogens with zero attached hydrogens (tertiary/aromatic N) is 1. The molecule has 1 heterocycles. The summed E-state index contributed by atoms with van der Waals surface area (Å²) < 4.78 is 0. The molecular formula is C13H19N3O. The second-order valence-corrected chi connectivity index (χ2v) is 4.64. The molecule has 3 N–H and O–H groups in total. The van der Waals surface area contributed by atoms with Gasteiger partial charge in [0, 0.05) is 37.4 Å². The van der Waals surface area contributed by atoms with Gasteiger partial charge in [0.05, 0.1) is 0 Å². The summed E-state index contributed by atoms with van der Waals surface area (Å²) in [6, 6.07) is 6.06. The number of carbonyl (C=O) groups excluding carboxylic acids is 1. The molecule has 1 amide bonds. The van der Waals surface area contributed by atoms with Crippen molar-refractivity contribution in [2.45, 2.75) is 13.3 Å². The van der Waals surface area contributed by atoms with Crippen molar-refractivity contribution in [2.24, 2.45) is 11.7 Å². The van der Waals surface area contributed by atoms with Crippen molar-refractivity contribution in [3.05, 3.63) is 23.8 Å². The number of likely N-dealkylation sites (N-methyl/N-ethyl adjacent to an activating group) is 1. The van der Waals surface area contributed by atoms with E-state index in [0.717, 1.165) is 18.7 Å². The molecular weight excluding hydrogens is 214 g/mol. The van der Waals surface area contributed by atoms with Crippen molar-refractivity contribution >= 4 is 17.3 Å². The smallest absolute Gasteiger partial charge is 0.228 e. The fourth-order valence-corrected chi connectivity index (χ4v) is 2.02. The van der Waals surface area contributed by atoms with E-state index in [1.807, 2.05) is 13.0 Å². The second-order valence-electron chi connectivity index (χ2n) is 4.64. The first kappa shape index (κ1) is 11.9. The molecule has 4 nitrogen and oxygen atoms in total. The van der Waals surface area contributed by atoms with Gasteiger partial charge in [-0.1, -0.05) is 6.92 Å². The van der Waals surface area contributed by atoms with E-state index in [-0.39, 0.29) is 11.8 Å². The van der Waals surface area contributed by atoms with Gasteiger partial charge in [0.2, 0.25) is 5.91 Å². The van der Waals surface area contributed by atoms with E-state index >= 15 is 0 Å². The van der Waals surface area contributed by atoms with Gasteiger partial charge in [-0.25, -0.2) is 0 Å². The van der Waals surface area contributed by atoms with Gasteiger partial charge in [-0.15, -0.1) is 0 Å². The minimum absolute atomic E-state index is 0.0150. The Kier molecular flexibility index (Phi) is 3.33. The molecule has 0 fully saturated rings. The highest BCUT2D eigenvalue weighted by Crippen LogP contribution is 2.29. The summed E-state index contributed by atoms with van der Waals surface area (Å²) in [6.07, 6.45) is 1.04. The van der Waals surface area contributed by atoms with Crippen LogP contribution in [-0.4, -0.2) is 26.0 Å². The maximum Gasteiger partial charge on any atom is 0.228 e. The van der Waals surface area contributed by atoms with Gasteiger partial charge in [-0.05, 0) is 30.2 Å². The van der Waals surface area contributed by atoms with E-state index in [1.165, 1.54) is 11.3 Å². The average Bonchev–Trinajstić information content (AvgIpc) is 2.69. The number of rotatable bonds is 3. The van der Waals surface area contributed by atoms with Crippen LogP contribution in [0.3, 0.4) is 0 Å². The number of fused-ring (bicyclic) bond motifs is 1. The summed E-state index contributed by atoms with van der Waals surface area (Å²) in [7, 11) is 2.08. The minimum Gasteiger partial charge on any atom is -0.374 e. The van der Waals surface area contributed by atoms with Crippen LogP contribution in [0, 0.1) is 5.92 Å². The number of hydrogen-bond donors (Lipinski definition) is 2. The van der Waals surface area contributed by atoms with E-state index in [1.54, 1.807) is 0 Å². The highest BCUT2D eigenvalue weighted by Gasteiger charge is 2.17. The van der Waals surface area contributed by atoms with Crippen molar-refractivity contribution < 1.29 is 4.79 Å². The fourth-order valence-electron chi connectivity index (χ4n) is 2.02. The molecule has 2 rings (SSSR count). The van der Waals surface area contributed by atoms with Gasteiger partial charge in [0.15, 0.2) is 0 Å². The predicted octanol–water partition coefficient (Wildman–Crippen LogP) is 1.21. The lowest BCUT2D eigenvalue weighted by Gasteiger charge is -2.13. The van der Waals surface area contributed by atoms with Crippen molar-refractivity contribution in [3.8, 4) is 0 Å². The zero-order chi connectivity index (χ0) is 12.4. The molecule has 0 bridgehead atoms. The Balaban J connectivity index is 2.11. The first-order valence-corrected chi connectivity index (χ1v) is 5.97. The van der Waals surface area contributed by atoms with Crippen LogP contribution < -0.4 is 16.0 Å². The highest BCUT2D eigenvalue weighted by molar-refractivity contribution is 5.92. The Labute approximate surface area is 102 Å². The topological polar surface area (TPSA) is 58.4 Å². The molecule has 0 saturated carbocycles. The lowest BCUT2D eigenvalue weighted by molar-refractivity contribution is -0.119. The van der Waals surface area contributed by atoms with E-state index in [9.17, 15) is 4.79 Å². The summed E-state index contributed by atoms with van der Waals surface area (Å²) in [6.45, 7) is 3.25. The number of amides is 1. The lowest BCUT2D eigenvalue weighted by Crippen LogP contribution is -2.26. The molecule has 1 aliphatic heterocycles. The normalized spacial score (nSPS) is 15.6.